The summed E-state index contributed by atoms with van der Waals surface area (Å²) < 4.78 is 0.412. The summed E-state index contributed by atoms with van der Waals surface area (Å²) >= 11 is 2.54. The Morgan fingerprint density at radius 3 is 2.39 bits per heavy atom. The highest BCUT2D eigenvalue weighted by Gasteiger charge is 2.62. The Hall–Kier alpha value is -1.89. The fourth-order valence-corrected chi connectivity index (χ4v) is 6.75. The second-order valence-electron chi connectivity index (χ2n) is 8.25. The van der Waals surface area contributed by atoms with E-state index >= 15 is 0 Å². The van der Waals surface area contributed by atoms with Crippen LogP contribution in [0.3, 0.4) is 0 Å². The van der Waals surface area contributed by atoms with Crippen molar-refractivity contribution in [3.8, 4) is 0 Å². The second kappa shape index (κ2) is 6.87. The van der Waals surface area contributed by atoms with E-state index in [9.17, 15) is 9.59 Å². The Morgan fingerprint density at radius 2 is 1.68 bits per heavy atom. The molecule has 1 saturated carbocycles. The minimum atomic E-state index is -0.200. The van der Waals surface area contributed by atoms with Crippen LogP contribution in [0.1, 0.15) is 30.0 Å². The van der Waals surface area contributed by atoms with Gasteiger partial charge in [0.05, 0.1) is 12.0 Å². The quantitative estimate of drug-likeness (QED) is 0.397. The molecular weight excluding hydrogens is 463 g/mol. The maximum Gasteiger partial charge on any atom is 0.232 e. The molecule has 2 heterocycles. The summed E-state index contributed by atoms with van der Waals surface area (Å²) in [7, 11) is 0. The Morgan fingerprint density at radius 1 is 0.964 bits per heavy atom. The zero-order valence-electron chi connectivity index (χ0n) is 15.7. The summed E-state index contributed by atoms with van der Waals surface area (Å²) in [5.41, 5.74) is 3.51. The molecule has 0 radical (unpaired) electrons. The van der Waals surface area contributed by atoms with E-state index in [4.69, 9.17) is 0 Å². The van der Waals surface area contributed by atoms with E-state index in [1.54, 1.807) is 0 Å². The maximum atomic E-state index is 13.1. The van der Waals surface area contributed by atoms with Gasteiger partial charge < -0.3 is 4.90 Å². The molecule has 1 aliphatic carbocycles. The summed E-state index contributed by atoms with van der Waals surface area (Å²) in [5.74, 6) is -0.375. The van der Waals surface area contributed by atoms with Crippen LogP contribution in [0.5, 0.6) is 0 Å². The van der Waals surface area contributed by atoms with E-state index in [2.05, 4.69) is 76.1 Å². The topological polar surface area (TPSA) is 49.4 Å². The molecule has 2 amide bonds. The number of nitrogens with zero attached hydrogens (tertiary/aromatic N) is 1. The lowest BCUT2D eigenvalue weighted by Crippen LogP contribution is -2.56. The summed E-state index contributed by atoms with van der Waals surface area (Å²) in [5, 5.41) is 2.69. The Labute approximate surface area is 178 Å². The van der Waals surface area contributed by atoms with Crippen molar-refractivity contribution < 1.29 is 9.59 Å². The molecule has 1 N–H and O–H groups in total. The van der Waals surface area contributed by atoms with Gasteiger partial charge in [0, 0.05) is 27.5 Å². The van der Waals surface area contributed by atoms with Crippen molar-refractivity contribution in [1.82, 2.24) is 5.32 Å². The molecule has 28 heavy (non-hydrogen) atoms. The van der Waals surface area contributed by atoms with Gasteiger partial charge in [0.2, 0.25) is 11.8 Å². The van der Waals surface area contributed by atoms with Crippen molar-refractivity contribution in [1.29, 1.82) is 0 Å². The number of alkyl halides is 1. The molecule has 3 fully saturated rings. The van der Waals surface area contributed by atoms with Crippen LogP contribution in [-0.2, 0) is 9.59 Å². The number of imide groups is 1. The number of halogens is 1. The Bertz CT molecular complexity index is 914. The average molecular weight is 486 g/mol. The number of hydrogen-bond acceptors (Lipinski definition) is 3. The first kappa shape index (κ1) is 18.2. The van der Waals surface area contributed by atoms with E-state index < -0.39 is 0 Å². The molecule has 0 spiro atoms. The van der Waals surface area contributed by atoms with Crippen LogP contribution < -0.4 is 10.2 Å². The fraction of sp³-hybridized carbons (Fsp3) is 0.391. The zero-order valence-corrected chi connectivity index (χ0v) is 17.9. The Balaban J connectivity index is 1.70. The van der Waals surface area contributed by atoms with E-state index in [1.165, 1.54) is 5.56 Å². The first-order valence-corrected chi connectivity index (χ1v) is 11.2. The first-order valence-electron chi connectivity index (χ1n) is 9.95. The number of hydrogen-bond donors (Lipinski definition) is 1. The van der Waals surface area contributed by atoms with Crippen LogP contribution >= 0.6 is 22.6 Å². The van der Waals surface area contributed by atoms with Crippen molar-refractivity contribution >= 4 is 40.1 Å². The van der Waals surface area contributed by atoms with Crippen molar-refractivity contribution in [3.63, 3.8) is 0 Å². The SMILES string of the molecule is Cc1ccc(N2[C@@H]3[C@@H]4[C@@H](C(=O)NC(=O)[C@@H]4CC[C@H]3I)[C@H]2c2ccccc2)cc1. The smallest absolute Gasteiger partial charge is 0.232 e. The molecule has 2 saturated heterocycles. The summed E-state index contributed by atoms with van der Waals surface area (Å²) in [6.07, 6.45) is 1.87. The first-order chi connectivity index (χ1) is 13.6. The summed E-state index contributed by atoms with van der Waals surface area (Å²) in [6.45, 7) is 2.09. The third-order valence-electron chi connectivity index (χ3n) is 6.72. The number of aryl methyl sites for hydroxylation is 1. The molecule has 5 rings (SSSR count). The van der Waals surface area contributed by atoms with Crippen LogP contribution in [0.2, 0.25) is 0 Å². The molecule has 144 valence electrons. The van der Waals surface area contributed by atoms with Crippen molar-refractivity contribution in [2.75, 3.05) is 4.90 Å². The molecule has 4 nitrogen and oxygen atoms in total. The Kier molecular flexibility index (Phi) is 4.45. The molecule has 2 aromatic carbocycles. The third kappa shape index (κ3) is 2.70. The van der Waals surface area contributed by atoms with Gasteiger partial charge in [-0.15, -0.1) is 0 Å². The van der Waals surface area contributed by atoms with Crippen LogP contribution in [0.15, 0.2) is 54.6 Å². The van der Waals surface area contributed by atoms with E-state index in [0.717, 1.165) is 24.1 Å². The zero-order chi connectivity index (χ0) is 19.4. The van der Waals surface area contributed by atoms with Crippen molar-refractivity contribution in [2.45, 2.75) is 35.8 Å². The van der Waals surface area contributed by atoms with Gasteiger partial charge in [-0.25, -0.2) is 0 Å². The number of benzene rings is 2. The molecule has 0 bridgehead atoms. The minimum absolute atomic E-state index is 0.0510. The molecule has 0 aromatic heterocycles. The van der Waals surface area contributed by atoms with Crippen LogP contribution in [0, 0.1) is 24.7 Å². The van der Waals surface area contributed by atoms with Crippen LogP contribution in [0.4, 0.5) is 5.69 Å². The van der Waals surface area contributed by atoms with Gasteiger partial charge in [0.1, 0.15) is 0 Å². The molecule has 0 unspecified atom stereocenters. The summed E-state index contributed by atoms with van der Waals surface area (Å²) in [4.78, 5) is 28.2. The van der Waals surface area contributed by atoms with E-state index in [-0.39, 0.29) is 41.7 Å². The number of anilines is 1. The van der Waals surface area contributed by atoms with Crippen molar-refractivity contribution in [3.05, 3.63) is 65.7 Å². The van der Waals surface area contributed by atoms with Gasteiger partial charge in [-0.1, -0.05) is 70.6 Å². The standard InChI is InChI=1S/C23H23IN2O2/c1-13-7-9-15(10-8-13)26-20(14-5-3-2-4-6-14)19-18-16(22(27)25-23(19)28)11-12-17(24)21(18)26/h2-10,16-21H,11-12H2,1H3,(H,25,27,28)/t16-,17-,18+,19-,20-,21+/m1/s1. The second-order valence-corrected chi connectivity index (χ2v) is 9.85. The third-order valence-corrected chi connectivity index (χ3v) is 8.08. The van der Waals surface area contributed by atoms with Gasteiger partial charge >= 0.3 is 0 Å². The normalized spacial score (nSPS) is 34.1. The van der Waals surface area contributed by atoms with E-state index in [1.807, 2.05) is 18.2 Å². The monoisotopic (exact) mass is 486 g/mol. The minimum Gasteiger partial charge on any atom is -0.359 e. The molecule has 2 aromatic rings. The number of amides is 2. The van der Waals surface area contributed by atoms with E-state index in [0.29, 0.717) is 3.92 Å². The van der Waals surface area contributed by atoms with Gasteiger partial charge in [0.25, 0.3) is 0 Å². The molecule has 2 aliphatic heterocycles. The maximum absolute atomic E-state index is 13.1. The lowest BCUT2D eigenvalue weighted by atomic mass is 9.68. The van der Waals surface area contributed by atoms with Gasteiger partial charge in [-0.3, -0.25) is 14.9 Å². The number of piperidine rings is 1. The molecule has 5 heteroatoms. The highest BCUT2D eigenvalue weighted by Crippen LogP contribution is 2.56. The van der Waals surface area contributed by atoms with Crippen LogP contribution in [-0.4, -0.2) is 21.8 Å². The number of carbonyl (C=O) groups is 2. The van der Waals surface area contributed by atoms with Gasteiger partial charge in [0.15, 0.2) is 0 Å². The predicted octanol–water partition coefficient (Wildman–Crippen LogP) is 4.03. The number of carbonyl (C=O) groups excluding carboxylic acids is 2. The molecule has 3 aliphatic rings. The largest absolute Gasteiger partial charge is 0.359 e. The average Bonchev–Trinajstić information content (AvgIpc) is 3.06. The van der Waals surface area contributed by atoms with Gasteiger partial charge in [-0.2, -0.15) is 0 Å². The van der Waals surface area contributed by atoms with Crippen LogP contribution in [0.25, 0.3) is 0 Å². The van der Waals surface area contributed by atoms with Gasteiger partial charge in [-0.05, 0) is 37.5 Å². The lowest BCUT2D eigenvalue weighted by Gasteiger charge is -2.42. The molecular formula is C23H23IN2O2. The summed E-state index contributed by atoms with van der Waals surface area (Å²) in [6, 6.07) is 19.0. The number of rotatable bonds is 2. The molecule has 6 atom stereocenters. The van der Waals surface area contributed by atoms with Crippen molar-refractivity contribution in [2.24, 2.45) is 17.8 Å². The fourth-order valence-electron chi connectivity index (χ4n) is 5.56. The number of nitrogens with one attached hydrogen (secondary N) is 1. The highest BCUT2D eigenvalue weighted by molar-refractivity contribution is 14.1. The lowest BCUT2D eigenvalue weighted by molar-refractivity contribution is -0.144. The predicted molar refractivity (Wildman–Crippen MR) is 117 cm³/mol. The highest BCUT2D eigenvalue weighted by atomic mass is 127.